The highest BCUT2D eigenvalue weighted by Gasteiger charge is 2.15. The molecule has 1 aromatic heterocycles. The first-order valence-electron chi connectivity index (χ1n) is 9.24. The van der Waals surface area contributed by atoms with E-state index in [4.69, 9.17) is 0 Å². The van der Waals surface area contributed by atoms with Crippen molar-refractivity contribution >= 4 is 17.3 Å². The van der Waals surface area contributed by atoms with Gasteiger partial charge >= 0.3 is 0 Å². The molecule has 1 unspecified atom stereocenters. The molecular formula is C23H25N3O. The smallest absolute Gasteiger partial charge is 0.231 e. The molecule has 138 valence electrons. The molecule has 2 aromatic carbocycles. The summed E-state index contributed by atoms with van der Waals surface area (Å²) in [6.45, 7) is 6.84. The monoisotopic (exact) mass is 359 g/mol. The molecule has 0 saturated heterocycles. The number of aryl methyl sites for hydroxylation is 1. The SMILES string of the molecule is CCNc1ccc(C(C)C(=O)Nc2ccc(-c3ccnc(C)c3)cc2)cc1. The lowest BCUT2D eigenvalue weighted by molar-refractivity contribution is -0.117. The standard InChI is InChI=1S/C23H25N3O/c1-4-24-21-9-5-18(6-10-21)17(3)23(27)26-22-11-7-19(8-12-22)20-13-14-25-16(2)15-20/h5-15,17,24H,4H2,1-3H3,(H,26,27). The Morgan fingerprint density at radius 1 is 0.963 bits per heavy atom. The summed E-state index contributed by atoms with van der Waals surface area (Å²) in [6, 6.07) is 19.9. The molecule has 3 rings (SSSR count). The van der Waals surface area contributed by atoms with Crippen molar-refractivity contribution < 1.29 is 4.79 Å². The number of carbonyl (C=O) groups is 1. The number of amides is 1. The van der Waals surface area contributed by atoms with E-state index in [2.05, 4.69) is 22.5 Å². The Labute approximate surface area is 160 Å². The van der Waals surface area contributed by atoms with Crippen LogP contribution in [0.3, 0.4) is 0 Å². The molecule has 0 saturated carbocycles. The number of nitrogens with zero attached hydrogens (tertiary/aromatic N) is 1. The lowest BCUT2D eigenvalue weighted by Crippen LogP contribution is -2.18. The molecule has 0 aliphatic heterocycles. The van der Waals surface area contributed by atoms with E-state index in [9.17, 15) is 4.79 Å². The third-order valence-electron chi connectivity index (χ3n) is 4.57. The molecule has 1 amide bonds. The predicted molar refractivity (Wildman–Crippen MR) is 112 cm³/mol. The Kier molecular flexibility index (Phi) is 5.87. The summed E-state index contributed by atoms with van der Waals surface area (Å²) in [4.78, 5) is 16.8. The van der Waals surface area contributed by atoms with Gasteiger partial charge in [-0.1, -0.05) is 24.3 Å². The van der Waals surface area contributed by atoms with Gasteiger partial charge in [0.1, 0.15) is 0 Å². The maximum atomic E-state index is 12.6. The topological polar surface area (TPSA) is 54.0 Å². The van der Waals surface area contributed by atoms with E-state index in [-0.39, 0.29) is 11.8 Å². The first-order valence-corrected chi connectivity index (χ1v) is 9.24. The highest BCUT2D eigenvalue weighted by atomic mass is 16.1. The van der Waals surface area contributed by atoms with Crippen LogP contribution in [0.25, 0.3) is 11.1 Å². The largest absolute Gasteiger partial charge is 0.385 e. The van der Waals surface area contributed by atoms with Crippen molar-refractivity contribution in [2.75, 3.05) is 17.2 Å². The Bertz CT molecular complexity index is 902. The van der Waals surface area contributed by atoms with Crippen molar-refractivity contribution in [2.24, 2.45) is 0 Å². The van der Waals surface area contributed by atoms with E-state index in [1.54, 1.807) is 0 Å². The molecule has 1 atom stereocenters. The molecule has 0 bridgehead atoms. The average Bonchev–Trinajstić information content (AvgIpc) is 2.69. The van der Waals surface area contributed by atoms with Gasteiger partial charge in [-0.3, -0.25) is 9.78 Å². The minimum Gasteiger partial charge on any atom is -0.385 e. The minimum atomic E-state index is -0.219. The quantitative estimate of drug-likeness (QED) is 0.633. The van der Waals surface area contributed by atoms with Gasteiger partial charge in [-0.25, -0.2) is 0 Å². The maximum absolute atomic E-state index is 12.6. The second-order valence-electron chi connectivity index (χ2n) is 6.63. The van der Waals surface area contributed by atoms with E-state index >= 15 is 0 Å². The number of anilines is 2. The van der Waals surface area contributed by atoms with Crippen LogP contribution in [0.4, 0.5) is 11.4 Å². The predicted octanol–water partition coefficient (Wildman–Crippen LogP) is 5.23. The van der Waals surface area contributed by atoms with Crippen molar-refractivity contribution in [2.45, 2.75) is 26.7 Å². The zero-order valence-corrected chi connectivity index (χ0v) is 16.0. The van der Waals surface area contributed by atoms with Crippen LogP contribution in [0, 0.1) is 6.92 Å². The molecule has 0 radical (unpaired) electrons. The Balaban J connectivity index is 1.66. The number of rotatable bonds is 6. The lowest BCUT2D eigenvalue weighted by Gasteiger charge is -2.14. The maximum Gasteiger partial charge on any atom is 0.231 e. The van der Waals surface area contributed by atoms with Gasteiger partial charge in [-0.05, 0) is 73.9 Å². The van der Waals surface area contributed by atoms with Crippen LogP contribution in [0.15, 0.2) is 66.9 Å². The lowest BCUT2D eigenvalue weighted by atomic mass is 9.99. The van der Waals surface area contributed by atoms with Gasteiger partial charge in [0.15, 0.2) is 0 Å². The van der Waals surface area contributed by atoms with Crippen LogP contribution in [0.5, 0.6) is 0 Å². The third kappa shape index (κ3) is 4.73. The zero-order chi connectivity index (χ0) is 19.2. The Morgan fingerprint density at radius 2 is 1.63 bits per heavy atom. The zero-order valence-electron chi connectivity index (χ0n) is 16.0. The van der Waals surface area contributed by atoms with Crippen LogP contribution < -0.4 is 10.6 Å². The van der Waals surface area contributed by atoms with Gasteiger partial charge in [0.2, 0.25) is 5.91 Å². The van der Waals surface area contributed by atoms with Gasteiger partial charge in [0, 0.05) is 29.8 Å². The highest BCUT2D eigenvalue weighted by Crippen LogP contribution is 2.23. The van der Waals surface area contributed by atoms with Gasteiger partial charge in [-0.2, -0.15) is 0 Å². The fourth-order valence-corrected chi connectivity index (χ4v) is 2.97. The number of hydrogen-bond donors (Lipinski definition) is 2. The van der Waals surface area contributed by atoms with Crippen molar-refractivity contribution in [3.05, 3.63) is 78.1 Å². The van der Waals surface area contributed by atoms with Gasteiger partial charge in [0.05, 0.1) is 5.92 Å². The normalized spacial score (nSPS) is 11.7. The number of benzene rings is 2. The summed E-state index contributed by atoms with van der Waals surface area (Å²) in [5.41, 5.74) is 6.07. The number of aromatic nitrogens is 1. The van der Waals surface area contributed by atoms with Gasteiger partial charge < -0.3 is 10.6 Å². The summed E-state index contributed by atoms with van der Waals surface area (Å²) in [6.07, 6.45) is 1.81. The van der Waals surface area contributed by atoms with Crippen LogP contribution in [-0.2, 0) is 4.79 Å². The summed E-state index contributed by atoms with van der Waals surface area (Å²) >= 11 is 0. The highest BCUT2D eigenvalue weighted by molar-refractivity contribution is 5.95. The van der Waals surface area contributed by atoms with E-state index in [0.717, 1.165) is 40.3 Å². The van der Waals surface area contributed by atoms with Crippen LogP contribution in [-0.4, -0.2) is 17.4 Å². The van der Waals surface area contributed by atoms with Crippen LogP contribution in [0.1, 0.15) is 31.0 Å². The van der Waals surface area contributed by atoms with Crippen molar-refractivity contribution in [3.8, 4) is 11.1 Å². The molecule has 0 spiro atoms. The van der Waals surface area contributed by atoms with Crippen LogP contribution >= 0.6 is 0 Å². The molecule has 27 heavy (non-hydrogen) atoms. The summed E-state index contributed by atoms with van der Waals surface area (Å²) < 4.78 is 0. The summed E-state index contributed by atoms with van der Waals surface area (Å²) in [5.74, 6) is -0.234. The first-order chi connectivity index (χ1) is 13.1. The van der Waals surface area contributed by atoms with Gasteiger partial charge in [-0.15, -0.1) is 0 Å². The molecule has 3 aromatic rings. The number of hydrogen-bond acceptors (Lipinski definition) is 3. The number of nitrogens with one attached hydrogen (secondary N) is 2. The Morgan fingerprint density at radius 3 is 2.26 bits per heavy atom. The van der Waals surface area contributed by atoms with E-state index in [1.165, 1.54) is 0 Å². The average molecular weight is 359 g/mol. The molecular weight excluding hydrogens is 334 g/mol. The van der Waals surface area contributed by atoms with Crippen molar-refractivity contribution in [1.82, 2.24) is 4.98 Å². The molecule has 0 fully saturated rings. The number of pyridine rings is 1. The summed E-state index contributed by atoms with van der Waals surface area (Å²) in [7, 11) is 0. The second-order valence-corrected chi connectivity index (χ2v) is 6.63. The van der Waals surface area contributed by atoms with E-state index in [1.807, 2.05) is 80.7 Å². The third-order valence-corrected chi connectivity index (χ3v) is 4.57. The molecule has 0 aliphatic rings. The fourth-order valence-electron chi connectivity index (χ4n) is 2.97. The second kappa shape index (κ2) is 8.49. The van der Waals surface area contributed by atoms with Crippen molar-refractivity contribution in [1.29, 1.82) is 0 Å². The summed E-state index contributed by atoms with van der Waals surface area (Å²) in [5, 5.41) is 6.26. The first kappa shape index (κ1) is 18.6. The van der Waals surface area contributed by atoms with Crippen LogP contribution in [0.2, 0.25) is 0 Å². The molecule has 1 heterocycles. The Hall–Kier alpha value is -3.14. The molecule has 4 nitrogen and oxygen atoms in total. The molecule has 0 aliphatic carbocycles. The fraction of sp³-hybridized carbons (Fsp3) is 0.217. The van der Waals surface area contributed by atoms with E-state index in [0.29, 0.717) is 0 Å². The number of carbonyl (C=O) groups excluding carboxylic acids is 1. The minimum absolute atomic E-state index is 0.0151. The molecule has 2 N–H and O–H groups in total. The van der Waals surface area contributed by atoms with Gasteiger partial charge in [0.25, 0.3) is 0 Å². The molecule has 4 heteroatoms. The van der Waals surface area contributed by atoms with E-state index < -0.39 is 0 Å². The van der Waals surface area contributed by atoms with Crippen molar-refractivity contribution in [3.63, 3.8) is 0 Å².